The highest BCUT2D eigenvalue weighted by molar-refractivity contribution is 14.1. The van der Waals surface area contributed by atoms with E-state index in [9.17, 15) is 18.0 Å². The third kappa shape index (κ3) is 4.31. The Kier molecular flexibility index (Phi) is 4.77. The molecule has 0 saturated heterocycles. The minimum Gasteiger partial charge on any atom is -0.469 e. The number of aryl methyl sites for hydroxylation is 1. The molecule has 0 N–H and O–H groups in total. The Morgan fingerprint density at radius 3 is 2.61 bits per heavy atom. The molecule has 0 bridgehead atoms. The lowest BCUT2D eigenvalue weighted by Crippen LogP contribution is -2.19. The highest BCUT2D eigenvalue weighted by atomic mass is 127. The van der Waals surface area contributed by atoms with Crippen LogP contribution in [0.2, 0.25) is 0 Å². The van der Waals surface area contributed by atoms with Gasteiger partial charge in [-0.15, -0.1) is 13.2 Å². The summed E-state index contributed by atoms with van der Waals surface area (Å²) in [5.41, 5.74) is 0.428. The topological polar surface area (TPSA) is 48.4 Å². The van der Waals surface area contributed by atoms with Crippen molar-refractivity contribution < 1.29 is 27.4 Å². The second-order valence-electron chi connectivity index (χ2n) is 3.34. The zero-order chi connectivity index (χ0) is 13.9. The van der Waals surface area contributed by atoms with E-state index in [2.05, 4.69) is 14.5 Å². The molecule has 1 rings (SSSR count). The first-order chi connectivity index (χ1) is 8.23. The number of rotatable bonds is 3. The lowest BCUT2D eigenvalue weighted by Gasteiger charge is -2.12. The zero-order valence-electron chi connectivity index (χ0n) is 9.47. The summed E-state index contributed by atoms with van der Waals surface area (Å²) in [6.07, 6.45) is -5.02. The van der Waals surface area contributed by atoms with Gasteiger partial charge in [-0.3, -0.25) is 4.79 Å². The molecule has 0 aliphatic heterocycles. The van der Waals surface area contributed by atoms with Gasteiger partial charge in [0.1, 0.15) is 0 Å². The predicted molar refractivity (Wildman–Crippen MR) is 64.1 cm³/mol. The molecule has 0 amide bonds. The summed E-state index contributed by atoms with van der Waals surface area (Å²) >= 11 is 1.88. The summed E-state index contributed by atoms with van der Waals surface area (Å²) < 4.78 is 45.2. The third-order valence-corrected chi connectivity index (χ3v) is 2.88. The summed E-state index contributed by atoms with van der Waals surface area (Å²) in [5.74, 6) is -1.14. The molecule has 1 aromatic rings. The number of aromatic nitrogens is 1. The lowest BCUT2D eigenvalue weighted by molar-refractivity contribution is -0.276. The van der Waals surface area contributed by atoms with Crippen LogP contribution >= 0.6 is 22.6 Å². The zero-order valence-corrected chi connectivity index (χ0v) is 11.6. The first kappa shape index (κ1) is 15.0. The minimum absolute atomic E-state index is 0.187. The van der Waals surface area contributed by atoms with Crippen molar-refractivity contribution in [1.82, 2.24) is 4.98 Å². The van der Waals surface area contributed by atoms with Gasteiger partial charge < -0.3 is 9.47 Å². The Morgan fingerprint density at radius 1 is 1.50 bits per heavy atom. The van der Waals surface area contributed by atoms with E-state index in [1.54, 1.807) is 0 Å². The smallest absolute Gasteiger partial charge is 0.469 e. The van der Waals surface area contributed by atoms with E-state index in [1.807, 2.05) is 22.6 Å². The molecular formula is C10H9F3INO3. The molecule has 0 spiro atoms. The minimum atomic E-state index is -4.81. The fourth-order valence-electron chi connectivity index (χ4n) is 1.15. The number of pyridine rings is 1. The first-order valence-corrected chi connectivity index (χ1v) is 5.79. The molecule has 0 atom stereocenters. The molecule has 0 saturated carbocycles. The van der Waals surface area contributed by atoms with Crippen molar-refractivity contribution in [3.63, 3.8) is 0 Å². The van der Waals surface area contributed by atoms with Crippen molar-refractivity contribution in [2.75, 3.05) is 7.11 Å². The van der Waals surface area contributed by atoms with E-state index in [0.717, 1.165) is 0 Å². The van der Waals surface area contributed by atoms with Crippen LogP contribution in [0.25, 0.3) is 0 Å². The molecule has 8 heteroatoms. The van der Waals surface area contributed by atoms with Crippen molar-refractivity contribution in [3.8, 4) is 5.88 Å². The fraction of sp³-hybridized carbons (Fsp3) is 0.400. The monoisotopic (exact) mass is 375 g/mol. The lowest BCUT2D eigenvalue weighted by atomic mass is 10.2. The molecular weight excluding hydrogens is 366 g/mol. The van der Waals surface area contributed by atoms with E-state index in [1.165, 1.54) is 20.1 Å². The summed E-state index contributed by atoms with van der Waals surface area (Å²) in [7, 11) is 1.19. The molecule has 0 aliphatic carbocycles. The number of nitrogens with zero attached hydrogens (tertiary/aromatic N) is 1. The van der Waals surface area contributed by atoms with Crippen LogP contribution in [0.5, 0.6) is 5.88 Å². The Balaban J connectivity index is 3.06. The molecule has 1 aromatic heterocycles. The van der Waals surface area contributed by atoms with Gasteiger partial charge in [0.25, 0.3) is 0 Å². The number of halogens is 4. The van der Waals surface area contributed by atoms with Crippen LogP contribution < -0.4 is 4.74 Å². The Hall–Kier alpha value is -1.06. The van der Waals surface area contributed by atoms with Crippen molar-refractivity contribution in [3.05, 3.63) is 20.9 Å². The molecule has 100 valence electrons. The first-order valence-electron chi connectivity index (χ1n) is 4.71. The molecule has 4 nitrogen and oxygen atoms in total. The normalized spacial score (nSPS) is 11.2. The van der Waals surface area contributed by atoms with Crippen LogP contribution in [0, 0.1) is 10.5 Å². The number of methoxy groups -OCH3 is 1. The van der Waals surface area contributed by atoms with Gasteiger partial charge in [-0.25, -0.2) is 4.98 Å². The third-order valence-electron chi connectivity index (χ3n) is 1.94. The van der Waals surface area contributed by atoms with Gasteiger partial charge in [0.15, 0.2) is 0 Å². The standard InChI is InChI=1S/C10H9F3INO3/c1-5-3-6(14)7(4-8(16)17-2)15-9(5)18-10(11,12)13/h3H,4H2,1-2H3. The maximum absolute atomic E-state index is 12.1. The predicted octanol–water partition coefficient (Wildman–Crippen LogP) is 2.61. The van der Waals surface area contributed by atoms with Crippen molar-refractivity contribution in [2.24, 2.45) is 0 Å². The maximum Gasteiger partial charge on any atom is 0.574 e. The second-order valence-corrected chi connectivity index (χ2v) is 4.50. The van der Waals surface area contributed by atoms with E-state index in [-0.39, 0.29) is 17.7 Å². The van der Waals surface area contributed by atoms with Crippen molar-refractivity contribution in [2.45, 2.75) is 19.7 Å². The Bertz CT molecular complexity index is 462. The highest BCUT2D eigenvalue weighted by Crippen LogP contribution is 2.26. The largest absolute Gasteiger partial charge is 0.574 e. The van der Waals surface area contributed by atoms with Crippen LogP contribution in [0.1, 0.15) is 11.3 Å². The number of carbonyl (C=O) groups is 1. The van der Waals surface area contributed by atoms with Crippen LogP contribution in [0.4, 0.5) is 13.2 Å². The van der Waals surface area contributed by atoms with Gasteiger partial charge in [0, 0.05) is 9.13 Å². The van der Waals surface area contributed by atoms with Gasteiger partial charge >= 0.3 is 12.3 Å². The average Bonchev–Trinajstić information content (AvgIpc) is 2.23. The van der Waals surface area contributed by atoms with Gasteiger partial charge in [-0.1, -0.05) is 0 Å². The van der Waals surface area contributed by atoms with E-state index < -0.39 is 18.2 Å². The quantitative estimate of drug-likeness (QED) is 0.602. The molecule has 18 heavy (non-hydrogen) atoms. The highest BCUT2D eigenvalue weighted by Gasteiger charge is 2.32. The Labute approximate surface area is 115 Å². The maximum atomic E-state index is 12.1. The van der Waals surface area contributed by atoms with E-state index in [4.69, 9.17) is 0 Å². The molecule has 0 aliphatic rings. The summed E-state index contributed by atoms with van der Waals surface area (Å²) in [6.45, 7) is 1.44. The van der Waals surface area contributed by atoms with Crippen molar-refractivity contribution >= 4 is 28.6 Å². The van der Waals surface area contributed by atoms with Crippen LogP contribution in [0.15, 0.2) is 6.07 Å². The average molecular weight is 375 g/mol. The molecule has 0 fully saturated rings. The molecule has 0 unspecified atom stereocenters. The van der Waals surface area contributed by atoms with E-state index in [0.29, 0.717) is 3.57 Å². The molecule has 0 aromatic carbocycles. The number of alkyl halides is 3. The number of hydrogen-bond acceptors (Lipinski definition) is 4. The fourth-order valence-corrected chi connectivity index (χ4v) is 1.92. The number of esters is 1. The van der Waals surface area contributed by atoms with Crippen LogP contribution in [0.3, 0.4) is 0 Å². The molecule has 1 heterocycles. The van der Waals surface area contributed by atoms with Crippen LogP contribution in [-0.2, 0) is 16.0 Å². The van der Waals surface area contributed by atoms with E-state index >= 15 is 0 Å². The van der Waals surface area contributed by atoms with Gasteiger partial charge in [-0.05, 0) is 35.6 Å². The Morgan fingerprint density at radius 2 is 2.11 bits per heavy atom. The van der Waals surface area contributed by atoms with Gasteiger partial charge in [0.05, 0.1) is 19.2 Å². The van der Waals surface area contributed by atoms with Crippen molar-refractivity contribution in [1.29, 1.82) is 0 Å². The second kappa shape index (κ2) is 5.72. The summed E-state index contributed by atoms with van der Waals surface area (Å²) in [4.78, 5) is 14.8. The molecule has 0 radical (unpaired) electrons. The number of hydrogen-bond donors (Lipinski definition) is 0. The van der Waals surface area contributed by atoms with Gasteiger partial charge in [-0.2, -0.15) is 0 Å². The number of carbonyl (C=O) groups excluding carboxylic acids is 1. The SMILES string of the molecule is COC(=O)Cc1nc(OC(F)(F)F)c(C)cc1I. The van der Waals surface area contributed by atoms with Crippen LogP contribution in [-0.4, -0.2) is 24.4 Å². The number of ether oxygens (including phenoxy) is 2. The summed E-state index contributed by atoms with van der Waals surface area (Å²) in [6, 6.07) is 1.47. The van der Waals surface area contributed by atoms with Gasteiger partial charge in [0.2, 0.25) is 5.88 Å². The summed E-state index contributed by atoms with van der Waals surface area (Å²) in [5, 5.41) is 0.